The van der Waals surface area contributed by atoms with Gasteiger partial charge in [0.1, 0.15) is 11.0 Å². The molecule has 0 amide bonds. The van der Waals surface area contributed by atoms with E-state index in [0.29, 0.717) is 0 Å². The number of aromatic nitrogens is 1. The molecule has 2 heterocycles. The topological polar surface area (TPSA) is 31.4 Å². The van der Waals surface area contributed by atoms with Gasteiger partial charge in [0, 0.05) is 6.20 Å². The van der Waals surface area contributed by atoms with Crippen molar-refractivity contribution in [3.05, 3.63) is 23.2 Å². The van der Waals surface area contributed by atoms with Gasteiger partial charge >= 0.3 is 7.12 Å². The molecule has 0 atom stereocenters. The first-order chi connectivity index (χ1) is 7.74. The van der Waals surface area contributed by atoms with E-state index >= 15 is 0 Å². The second-order valence-corrected chi connectivity index (χ2v) is 5.44. The van der Waals surface area contributed by atoms with Gasteiger partial charge in [-0.15, -0.1) is 0 Å². The van der Waals surface area contributed by atoms with E-state index in [2.05, 4.69) is 4.98 Å². The van der Waals surface area contributed by atoms with E-state index in [1.807, 2.05) is 27.7 Å². The molecule has 1 aliphatic heterocycles. The molecule has 17 heavy (non-hydrogen) atoms. The Morgan fingerprint density at radius 1 is 1.24 bits per heavy atom. The van der Waals surface area contributed by atoms with Crippen LogP contribution in [0, 0.1) is 5.82 Å². The molecule has 6 heteroatoms. The normalized spacial score (nSPS) is 21.9. The van der Waals surface area contributed by atoms with E-state index in [1.54, 1.807) is 0 Å². The van der Waals surface area contributed by atoms with Crippen molar-refractivity contribution in [1.82, 2.24) is 4.98 Å². The van der Waals surface area contributed by atoms with Gasteiger partial charge in [-0.05, 0) is 33.8 Å². The molecule has 2 rings (SSSR count). The number of rotatable bonds is 1. The zero-order valence-corrected chi connectivity index (χ0v) is 11.0. The molecule has 0 bridgehead atoms. The Morgan fingerprint density at radius 2 is 1.76 bits per heavy atom. The lowest BCUT2D eigenvalue weighted by Crippen LogP contribution is -2.41. The van der Waals surface area contributed by atoms with Crippen molar-refractivity contribution in [2.24, 2.45) is 0 Å². The van der Waals surface area contributed by atoms with Crippen LogP contribution < -0.4 is 5.46 Å². The summed E-state index contributed by atoms with van der Waals surface area (Å²) in [4.78, 5) is 3.85. The first-order valence-corrected chi connectivity index (χ1v) is 5.78. The summed E-state index contributed by atoms with van der Waals surface area (Å²) in [5, 5.41) is 0.0727. The van der Waals surface area contributed by atoms with E-state index in [0.717, 1.165) is 0 Å². The van der Waals surface area contributed by atoms with E-state index in [-0.39, 0.29) is 10.6 Å². The van der Waals surface area contributed by atoms with E-state index in [1.165, 1.54) is 12.3 Å². The van der Waals surface area contributed by atoms with E-state index in [4.69, 9.17) is 20.9 Å². The lowest BCUT2D eigenvalue weighted by Gasteiger charge is -2.32. The Morgan fingerprint density at radius 3 is 2.24 bits per heavy atom. The maximum Gasteiger partial charge on any atom is 0.501 e. The summed E-state index contributed by atoms with van der Waals surface area (Å²) in [6, 6.07) is 1.24. The van der Waals surface area contributed by atoms with Crippen molar-refractivity contribution in [2.45, 2.75) is 38.9 Å². The fraction of sp³-hybridized carbons (Fsp3) is 0.545. The van der Waals surface area contributed by atoms with Gasteiger partial charge in [-0.25, -0.2) is 9.37 Å². The SMILES string of the molecule is CC1(C)OB(c2c(F)ccnc2Cl)OC1(C)C. The average Bonchev–Trinajstić information content (AvgIpc) is 2.35. The second kappa shape index (κ2) is 3.94. The number of halogens is 2. The number of pyridine rings is 1. The first-order valence-electron chi connectivity index (χ1n) is 5.40. The van der Waals surface area contributed by atoms with Crippen LogP contribution in [0.4, 0.5) is 4.39 Å². The minimum absolute atomic E-state index is 0.0727. The van der Waals surface area contributed by atoms with Crippen LogP contribution in [0.2, 0.25) is 5.15 Å². The summed E-state index contributed by atoms with van der Waals surface area (Å²) < 4.78 is 25.2. The molecule has 0 radical (unpaired) electrons. The lowest BCUT2D eigenvalue weighted by atomic mass is 9.80. The van der Waals surface area contributed by atoms with Gasteiger partial charge in [0.05, 0.1) is 16.7 Å². The predicted molar refractivity (Wildman–Crippen MR) is 64.9 cm³/mol. The third-order valence-electron chi connectivity index (χ3n) is 3.38. The summed E-state index contributed by atoms with van der Waals surface area (Å²) in [5.41, 5.74) is -0.889. The highest BCUT2D eigenvalue weighted by Gasteiger charge is 2.53. The monoisotopic (exact) mass is 257 g/mol. The van der Waals surface area contributed by atoms with Crippen molar-refractivity contribution in [3.63, 3.8) is 0 Å². The molecule has 1 aliphatic rings. The molecule has 0 aliphatic carbocycles. The van der Waals surface area contributed by atoms with Crippen molar-refractivity contribution in [2.75, 3.05) is 0 Å². The third-order valence-corrected chi connectivity index (χ3v) is 3.68. The van der Waals surface area contributed by atoms with Crippen LogP contribution in [0.3, 0.4) is 0 Å². The maximum absolute atomic E-state index is 13.7. The molecular formula is C11H14BClFNO2. The van der Waals surface area contributed by atoms with Crippen LogP contribution in [0.1, 0.15) is 27.7 Å². The minimum Gasteiger partial charge on any atom is -0.399 e. The van der Waals surface area contributed by atoms with Gasteiger partial charge in [0.2, 0.25) is 0 Å². The maximum atomic E-state index is 13.7. The Bertz CT molecular complexity index is 417. The summed E-state index contributed by atoms with van der Waals surface area (Å²) >= 11 is 5.88. The molecule has 0 saturated carbocycles. The molecule has 1 fully saturated rings. The van der Waals surface area contributed by atoms with Gasteiger partial charge < -0.3 is 9.31 Å². The summed E-state index contributed by atoms with van der Waals surface area (Å²) in [6.07, 6.45) is 1.31. The molecule has 0 N–H and O–H groups in total. The van der Waals surface area contributed by atoms with Crippen LogP contribution in [0.15, 0.2) is 12.3 Å². The Kier molecular flexibility index (Phi) is 2.96. The lowest BCUT2D eigenvalue weighted by molar-refractivity contribution is 0.00578. The summed E-state index contributed by atoms with van der Waals surface area (Å²) in [5.74, 6) is -0.469. The van der Waals surface area contributed by atoms with Crippen LogP contribution in [0.25, 0.3) is 0 Å². The summed E-state index contributed by atoms with van der Waals surface area (Å²) in [7, 11) is -0.818. The molecule has 3 nitrogen and oxygen atoms in total. The smallest absolute Gasteiger partial charge is 0.399 e. The first kappa shape index (κ1) is 12.8. The largest absolute Gasteiger partial charge is 0.501 e. The van der Waals surface area contributed by atoms with Crippen molar-refractivity contribution in [1.29, 1.82) is 0 Å². The highest BCUT2D eigenvalue weighted by atomic mass is 35.5. The predicted octanol–water partition coefficient (Wildman–Crippen LogP) is 2.17. The highest BCUT2D eigenvalue weighted by molar-refractivity contribution is 6.65. The van der Waals surface area contributed by atoms with Crippen LogP contribution >= 0.6 is 11.6 Å². The van der Waals surface area contributed by atoms with Crippen molar-refractivity contribution in [3.8, 4) is 0 Å². The van der Waals surface area contributed by atoms with Gasteiger partial charge in [0.25, 0.3) is 0 Å². The molecule has 0 unspecified atom stereocenters. The van der Waals surface area contributed by atoms with Crippen LogP contribution in [-0.2, 0) is 9.31 Å². The van der Waals surface area contributed by atoms with Crippen LogP contribution in [0.5, 0.6) is 0 Å². The van der Waals surface area contributed by atoms with Gasteiger partial charge in [-0.2, -0.15) is 0 Å². The zero-order valence-electron chi connectivity index (χ0n) is 10.3. The molecular weight excluding hydrogens is 243 g/mol. The number of hydrogen-bond donors (Lipinski definition) is 0. The number of nitrogens with zero attached hydrogens (tertiary/aromatic N) is 1. The van der Waals surface area contributed by atoms with Crippen molar-refractivity contribution >= 4 is 24.2 Å². The Hall–Kier alpha value is -0.645. The van der Waals surface area contributed by atoms with Gasteiger partial charge in [0.15, 0.2) is 0 Å². The molecule has 0 aromatic carbocycles. The minimum atomic E-state index is -0.818. The Labute approximate surface area is 105 Å². The number of hydrogen-bond acceptors (Lipinski definition) is 3. The quantitative estimate of drug-likeness (QED) is 0.571. The van der Waals surface area contributed by atoms with E-state index < -0.39 is 24.1 Å². The Balaban J connectivity index is 2.39. The zero-order chi connectivity index (χ0) is 12.8. The highest BCUT2D eigenvalue weighted by Crippen LogP contribution is 2.37. The molecule has 1 aromatic heterocycles. The fourth-order valence-electron chi connectivity index (χ4n) is 1.60. The fourth-order valence-corrected chi connectivity index (χ4v) is 1.83. The third kappa shape index (κ3) is 2.07. The van der Waals surface area contributed by atoms with Gasteiger partial charge in [-0.3, -0.25) is 0 Å². The van der Waals surface area contributed by atoms with Gasteiger partial charge in [-0.1, -0.05) is 11.6 Å². The molecule has 1 saturated heterocycles. The molecule has 92 valence electrons. The van der Waals surface area contributed by atoms with Crippen LogP contribution in [-0.4, -0.2) is 23.3 Å². The second-order valence-electron chi connectivity index (χ2n) is 5.09. The molecule has 0 spiro atoms. The average molecular weight is 258 g/mol. The van der Waals surface area contributed by atoms with Crippen molar-refractivity contribution < 1.29 is 13.7 Å². The molecule has 1 aromatic rings. The standard InChI is InChI=1S/C11H14BClFNO2/c1-10(2)11(3,4)17-12(16-10)8-7(14)5-6-15-9(8)13/h5-6H,1-4H3. The van der Waals surface area contributed by atoms with E-state index in [9.17, 15) is 4.39 Å². The summed E-state index contributed by atoms with van der Waals surface area (Å²) in [6.45, 7) is 7.59.